The highest BCUT2D eigenvalue weighted by Crippen LogP contribution is 2.25. The van der Waals surface area contributed by atoms with Gasteiger partial charge in [-0.2, -0.15) is 0 Å². The largest absolute Gasteiger partial charge is 0.492 e. The van der Waals surface area contributed by atoms with Gasteiger partial charge >= 0.3 is 5.66 Å². The second-order valence-electron chi connectivity index (χ2n) is 3.54. The third-order valence-electron chi connectivity index (χ3n) is 2.44. The third-order valence-corrected chi connectivity index (χ3v) is 2.71. The molecule has 1 saturated heterocycles. The Morgan fingerprint density at radius 1 is 1.31 bits per heavy atom. The molecule has 0 unspecified atom stereocenters. The molecule has 0 saturated carbocycles. The van der Waals surface area contributed by atoms with Gasteiger partial charge in [0, 0.05) is 12.3 Å². The first-order chi connectivity index (χ1) is 7.44. The molecule has 0 aliphatic carbocycles. The summed E-state index contributed by atoms with van der Waals surface area (Å²) in [6.07, 6.45) is 0.621. The Balaban J connectivity index is 2.54. The zero-order valence-electron chi connectivity index (χ0n) is 8.30. The van der Waals surface area contributed by atoms with Gasteiger partial charge in [-0.3, -0.25) is 25.0 Å². The van der Waals surface area contributed by atoms with E-state index >= 15 is 0 Å². The highest BCUT2D eigenvalue weighted by molar-refractivity contribution is 6.17. The molecule has 1 rings (SSSR count). The summed E-state index contributed by atoms with van der Waals surface area (Å²) >= 11 is 5.38. The first-order valence-electron chi connectivity index (χ1n) is 4.57. The summed E-state index contributed by atoms with van der Waals surface area (Å²) in [7, 11) is 0. The van der Waals surface area contributed by atoms with Gasteiger partial charge in [-0.05, 0) is 6.42 Å². The highest BCUT2D eigenvalue weighted by Gasteiger charge is 2.67. The lowest BCUT2D eigenvalue weighted by Gasteiger charge is -2.36. The SMILES string of the molecule is O=C(CCCCl)N1CC([N+](=O)[O-])([N+](=O)[O-])C1. The van der Waals surface area contributed by atoms with Crippen LogP contribution in [-0.4, -0.2) is 45.3 Å². The molecule has 0 radical (unpaired) electrons. The number of halogens is 1. The van der Waals surface area contributed by atoms with Gasteiger partial charge in [0.05, 0.1) is 0 Å². The topological polar surface area (TPSA) is 107 Å². The number of rotatable bonds is 5. The molecule has 0 aromatic heterocycles. The van der Waals surface area contributed by atoms with Crippen molar-refractivity contribution in [1.82, 2.24) is 4.90 Å². The zero-order chi connectivity index (χ0) is 12.3. The molecule has 0 aromatic carbocycles. The lowest BCUT2D eigenvalue weighted by Crippen LogP contribution is -2.71. The molecule has 0 N–H and O–H groups in total. The van der Waals surface area contributed by atoms with Crippen LogP contribution < -0.4 is 0 Å². The standard InChI is InChI=1S/C7H10ClN3O5/c8-3-1-2-6(12)9-4-7(5-9,10(13)14)11(15)16/h1-5H2. The van der Waals surface area contributed by atoms with Crippen LogP contribution in [0.2, 0.25) is 0 Å². The van der Waals surface area contributed by atoms with Gasteiger partial charge in [-0.25, -0.2) is 0 Å². The monoisotopic (exact) mass is 251 g/mol. The van der Waals surface area contributed by atoms with Crippen molar-refractivity contribution in [3.8, 4) is 0 Å². The molecule has 0 atom stereocenters. The number of carbonyl (C=O) groups is 1. The van der Waals surface area contributed by atoms with E-state index in [-0.39, 0.29) is 12.3 Å². The van der Waals surface area contributed by atoms with E-state index in [0.29, 0.717) is 12.3 Å². The van der Waals surface area contributed by atoms with Crippen LogP contribution in [0.3, 0.4) is 0 Å². The Labute approximate surface area is 95.5 Å². The average molecular weight is 252 g/mol. The van der Waals surface area contributed by atoms with Crippen molar-refractivity contribution in [3.63, 3.8) is 0 Å². The smallest absolute Gasteiger partial charge is 0.314 e. The number of carbonyl (C=O) groups excluding carboxylic acids is 1. The Morgan fingerprint density at radius 2 is 1.81 bits per heavy atom. The number of hydrogen-bond donors (Lipinski definition) is 0. The van der Waals surface area contributed by atoms with Crippen LogP contribution in [-0.2, 0) is 4.79 Å². The third kappa shape index (κ3) is 2.06. The molecule has 1 aliphatic heterocycles. The number of likely N-dealkylation sites (tertiary alicyclic amines) is 1. The molecule has 0 spiro atoms. The van der Waals surface area contributed by atoms with Gasteiger partial charge in [0.25, 0.3) is 0 Å². The van der Waals surface area contributed by atoms with Crippen LogP contribution in [0.1, 0.15) is 12.8 Å². The predicted octanol–water partition coefficient (Wildman–Crippen LogP) is 0.0973. The summed E-state index contributed by atoms with van der Waals surface area (Å²) in [5.74, 6) is -0.0187. The van der Waals surface area contributed by atoms with Gasteiger partial charge < -0.3 is 4.90 Å². The van der Waals surface area contributed by atoms with Crippen LogP contribution in [0.25, 0.3) is 0 Å². The van der Waals surface area contributed by atoms with E-state index in [1.807, 2.05) is 0 Å². The molecular weight excluding hydrogens is 242 g/mol. The summed E-state index contributed by atoms with van der Waals surface area (Å²) in [5, 5.41) is 21.1. The first kappa shape index (κ1) is 12.6. The van der Waals surface area contributed by atoms with Gasteiger partial charge in [0.2, 0.25) is 5.91 Å². The Morgan fingerprint density at radius 3 is 2.19 bits per heavy atom. The van der Waals surface area contributed by atoms with E-state index in [0.717, 1.165) is 4.90 Å². The molecule has 8 nitrogen and oxygen atoms in total. The average Bonchev–Trinajstić information content (AvgIpc) is 2.11. The van der Waals surface area contributed by atoms with Crippen molar-refractivity contribution in [2.75, 3.05) is 19.0 Å². The van der Waals surface area contributed by atoms with Crippen LogP contribution in [0, 0.1) is 20.2 Å². The van der Waals surface area contributed by atoms with Crippen molar-refractivity contribution in [2.45, 2.75) is 18.5 Å². The van der Waals surface area contributed by atoms with Crippen molar-refractivity contribution in [2.24, 2.45) is 0 Å². The van der Waals surface area contributed by atoms with Crippen molar-refractivity contribution in [1.29, 1.82) is 0 Å². The van der Waals surface area contributed by atoms with Crippen molar-refractivity contribution < 1.29 is 14.6 Å². The number of hydrogen-bond acceptors (Lipinski definition) is 5. The Kier molecular flexibility index (Phi) is 3.63. The molecule has 1 heterocycles. The Hall–Kier alpha value is -1.44. The lowest BCUT2D eigenvalue weighted by molar-refractivity contribution is -0.809. The second kappa shape index (κ2) is 4.60. The summed E-state index contributed by atoms with van der Waals surface area (Å²) in [6.45, 7) is -0.928. The highest BCUT2D eigenvalue weighted by atomic mass is 35.5. The summed E-state index contributed by atoms with van der Waals surface area (Å²) in [4.78, 5) is 31.6. The van der Waals surface area contributed by atoms with Gasteiger partial charge in [0.15, 0.2) is 13.1 Å². The fourth-order valence-electron chi connectivity index (χ4n) is 1.42. The first-order valence-corrected chi connectivity index (χ1v) is 5.10. The van der Waals surface area contributed by atoms with Crippen molar-refractivity contribution in [3.05, 3.63) is 20.2 Å². The summed E-state index contributed by atoms with van der Waals surface area (Å²) < 4.78 is 0. The molecule has 90 valence electrons. The maximum Gasteiger partial charge on any atom is 0.492 e. The number of nitro groups is 2. The predicted molar refractivity (Wildman–Crippen MR) is 53.3 cm³/mol. The Bertz CT molecular complexity index is 312. The van der Waals surface area contributed by atoms with E-state index in [9.17, 15) is 25.0 Å². The fraction of sp³-hybridized carbons (Fsp3) is 0.857. The maximum absolute atomic E-state index is 11.3. The van der Waals surface area contributed by atoms with E-state index in [2.05, 4.69) is 0 Å². The van der Waals surface area contributed by atoms with E-state index < -0.39 is 28.6 Å². The van der Waals surface area contributed by atoms with Gasteiger partial charge in [-0.1, -0.05) is 0 Å². The minimum absolute atomic E-state index is 0.162. The number of nitrogens with zero attached hydrogens (tertiary/aromatic N) is 3. The van der Waals surface area contributed by atoms with Crippen LogP contribution in [0.4, 0.5) is 0 Å². The molecule has 1 fully saturated rings. The maximum atomic E-state index is 11.3. The quantitative estimate of drug-likeness (QED) is 0.298. The fourth-order valence-corrected chi connectivity index (χ4v) is 1.55. The molecule has 1 aliphatic rings. The van der Waals surface area contributed by atoms with E-state index in [1.54, 1.807) is 0 Å². The van der Waals surface area contributed by atoms with Gasteiger partial charge in [0.1, 0.15) is 9.85 Å². The zero-order valence-corrected chi connectivity index (χ0v) is 9.05. The molecule has 0 bridgehead atoms. The van der Waals surface area contributed by atoms with Crippen LogP contribution in [0.15, 0.2) is 0 Å². The van der Waals surface area contributed by atoms with Gasteiger partial charge in [-0.15, -0.1) is 11.6 Å². The van der Waals surface area contributed by atoms with Crippen LogP contribution >= 0.6 is 11.6 Å². The lowest BCUT2D eigenvalue weighted by atomic mass is 10.0. The normalized spacial score (nSPS) is 17.7. The summed E-state index contributed by atoms with van der Waals surface area (Å²) in [5.41, 5.74) is -2.21. The van der Waals surface area contributed by atoms with Crippen LogP contribution in [0.5, 0.6) is 0 Å². The van der Waals surface area contributed by atoms with Crippen molar-refractivity contribution >= 4 is 17.5 Å². The minimum atomic E-state index is -2.21. The number of alkyl halides is 1. The van der Waals surface area contributed by atoms with E-state index in [1.165, 1.54) is 0 Å². The molecule has 16 heavy (non-hydrogen) atoms. The number of amides is 1. The molecular formula is C7H10ClN3O5. The van der Waals surface area contributed by atoms with E-state index in [4.69, 9.17) is 11.6 Å². The minimum Gasteiger partial charge on any atom is -0.314 e. The molecule has 0 aromatic rings. The molecule has 1 amide bonds. The summed E-state index contributed by atoms with van der Waals surface area (Å²) in [6, 6.07) is 0. The second-order valence-corrected chi connectivity index (χ2v) is 3.92. The molecule has 9 heteroatoms.